The second kappa shape index (κ2) is 9.19. The topological polar surface area (TPSA) is 78.8 Å². The second-order valence-electron chi connectivity index (χ2n) is 7.90. The van der Waals surface area contributed by atoms with Crippen LogP contribution in [0.3, 0.4) is 0 Å². The van der Waals surface area contributed by atoms with Crippen molar-refractivity contribution >= 4 is 27.5 Å². The molecule has 188 valence electrons. The molecule has 1 N–H and O–H groups in total. The molecule has 1 saturated carbocycles. The van der Waals surface area contributed by atoms with Gasteiger partial charge in [0.25, 0.3) is 5.91 Å². The quantitative estimate of drug-likeness (QED) is 0.570. The number of nitrogens with one attached hydrogen (secondary N) is 1. The van der Waals surface area contributed by atoms with Gasteiger partial charge in [-0.1, -0.05) is 6.07 Å². The summed E-state index contributed by atoms with van der Waals surface area (Å²) in [6.07, 6.45) is -8.84. The van der Waals surface area contributed by atoms with Crippen molar-refractivity contribution in [1.82, 2.24) is 4.31 Å². The van der Waals surface area contributed by atoms with Gasteiger partial charge in [-0.25, -0.2) is 8.70 Å². The minimum atomic E-state index is -5.02. The van der Waals surface area contributed by atoms with E-state index in [0.29, 0.717) is 10.4 Å². The van der Waals surface area contributed by atoms with Gasteiger partial charge in [0.05, 0.1) is 22.9 Å². The van der Waals surface area contributed by atoms with Crippen molar-refractivity contribution in [2.75, 3.05) is 11.9 Å². The third-order valence-corrected chi connectivity index (χ3v) is 7.19. The number of halogens is 7. The predicted molar refractivity (Wildman–Crippen MR) is 108 cm³/mol. The van der Waals surface area contributed by atoms with E-state index in [2.05, 4.69) is 4.40 Å². The molecular formula is C20H20F7N3O3S. The maximum Gasteiger partial charge on any atom is 0.419 e. The lowest BCUT2D eigenvalue weighted by Gasteiger charge is -2.32. The zero-order valence-electron chi connectivity index (χ0n) is 17.7. The number of carbonyl (C=O) groups is 1. The van der Waals surface area contributed by atoms with Crippen LogP contribution in [0.15, 0.2) is 34.4 Å². The summed E-state index contributed by atoms with van der Waals surface area (Å²) in [6.45, 7) is 1.10. The van der Waals surface area contributed by atoms with Crippen LogP contribution in [0, 0.1) is 17.7 Å². The Kier molecular flexibility index (Phi) is 7.02. The summed E-state index contributed by atoms with van der Waals surface area (Å²) in [7, 11) is -4.45. The van der Waals surface area contributed by atoms with E-state index in [9.17, 15) is 43.9 Å². The van der Waals surface area contributed by atoms with Crippen LogP contribution >= 0.6 is 0 Å². The third-order valence-electron chi connectivity index (χ3n) is 5.73. The zero-order valence-corrected chi connectivity index (χ0v) is 18.5. The first kappa shape index (κ1) is 26.0. The summed E-state index contributed by atoms with van der Waals surface area (Å²) >= 11 is 0. The van der Waals surface area contributed by atoms with E-state index < -0.39 is 63.1 Å². The number of nitrogens with zero attached hydrogens (tertiary/aromatic N) is 2. The van der Waals surface area contributed by atoms with E-state index in [0.717, 1.165) is 18.2 Å². The van der Waals surface area contributed by atoms with E-state index in [4.69, 9.17) is 0 Å². The molecule has 0 saturated heterocycles. The summed E-state index contributed by atoms with van der Waals surface area (Å²) in [6, 6.07) is 2.23. The van der Waals surface area contributed by atoms with Crippen LogP contribution in [0.25, 0.3) is 0 Å². The molecule has 0 bridgehead atoms. The van der Waals surface area contributed by atoms with Crippen molar-refractivity contribution in [2.24, 2.45) is 16.2 Å². The molecule has 2 aliphatic rings. The molecule has 0 aromatic heterocycles. The first-order valence-electron chi connectivity index (χ1n) is 10.2. The highest BCUT2D eigenvalue weighted by Crippen LogP contribution is 2.41. The van der Waals surface area contributed by atoms with Crippen LogP contribution in [0.2, 0.25) is 0 Å². The van der Waals surface area contributed by atoms with E-state index in [1.165, 1.54) is 6.92 Å². The van der Waals surface area contributed by atoms with Gasteiger partial charge in [-0.05, 0) is 50.8 Å². The Morgan fingerprint density at radius 2 is 1.74 bits per heavy atom. The molecule has 0 unspecified atom stereocenters. The maximum absolute atomic E-state index is 14.3. The summed E-state index contributed by atoms with van der Waals surface area (Å²) in [4.78, 5) is 12.8. The SMILES string of the molecule is CCN1C(C(=O)Nc2cccc(C(F)(F)F)c2F)=CC(C2CCC(C(F)(F)F)CC2)=NS1(=O)=O. The average molecular weight is 515 g/mol. The number of hydrogen-bond donors (Lipinski definition) is 1. The van der Waals surface area contributed by atoms with Crippen LogP contribution in [0.4, 0.5) is 36.4 Å². The molecule has 1 fully saturated rings. The number of likely N-dealkylation sites (N-methyl/N-ethyl adjacent to an activating group) is 1. The summed E-state index contributed by atoms with van der Waals surface area (Å²) in [5, 5.41) is 1.95. The van der Waals surface area contributed by atoms with Crippen LogP contribution < -0.4 is 5.32 Å². The molecule has 6 nitrogen and oxygen atoms in total. The Bertz CT molecular complexity index is 1120. The molecule has 1 aliphatic carbocycles. The van der Waals surface area contributed by atoms with Crippen LogP contribution in [0.1, 0.15) is 38.2 Å². The Labute approximate surface area is 190 Å². The molecule has 1 heterocycles. The number of benzene rings is 1. The van der Waals surface area contributed by atoms with E-state index in [1.807, 2.05) is 5.32 Å². The normalized spacial score (nSPS) is 23.2. The fourth-order valence-electron chi connectivity index (χ4n) is 4.00. The Morgan fingerprint density at radius 3 is 2.26 bits per heavy atom. The van der Waals surface area contributed by atoms with Gasteiger partial charge in [0.1, 0.15) is 5.70 Å². The lowest BCUT2D eigenvalue weighted by atomic mass is 9.79. The Morgan fingerprint density at radius 1 is 1.12 bits per heavy atom. The number of carbonyl (C=O) groups excluding carboxylic acids is 1. The first-order chi connectivity index (χ1) is 15.6. The smallest absolute Gasteiger partial charge is 0.318 e. The van der Waals surface area contributed by atoms with Gasteiger partial charge in [0, 0.05) is 12.5 Å². The minimum absolute atomic E-state index is 0.0156. The van der Waals surface area contributed by atoms with Gasteiger partial charge in [0.15, 0.2) is 5.82 Å². The number of rotatable bonds is 4. The number of hydrogen-bond acceptors (Lipinski definition) is 3. The van der Waals surface area contributed by atoms with E-state index in [-0.39, 0.29) is 37.9 Å². The van der Waals surface area contributed by atoms with Crippen LogP contribution in [-0.4, -0.2) is 37.1 Å². The second-order valence-corrected chi connectivity index (χ2v) is 9.42. The minimum Gasteiger partial charge on any atom is -0.318 e. The number of allylic oxidation sites excluding steroid dienone is 1. The summed E-state index contributed by atoms with van der Waals surface area (Å²) < 4.78 is 121. The van der Waals surface area contributed by atoms with Crippen molar-refractivity contribution in [3.05, 3.63) is 41.4 Å². The molecule has 14 heteroatoms. The predicted octanol–water partition coefficient (Wildman–Crippen LogP) is 5.06. The van der Waals surface area contributed by atoms with Crippen molar-refractivity contribution in [1.29, 1.82) is 0 Å². The molecule has 0 radical (unpaired) electrons. The molecule has 0 spiro atoms. The molecule has 34 heavy (non-hydrogen) atoms. The van der Waals surface area contributed by atoms with Gasteiger partial charge in [0.2, 0.25) is 0 Å². The van der Waals surface area contributed by atoms with Crippen molar-refractivity contribution in [3.8, 4) is 0 Å². The standard InChI is InChI=1S/C20H20F7N3O3S/c1-2-30-16(18(31)28-14-5-3-4-13(17(14)21)20(25,26)27)10-15(29-34(30,32)33)11-6-8-12(9-7-11)19(22,23)24/h3-5,10-12H,2,6-9H2,1H3,(H,28,31). The highest BCUT2D eigenvalue weighted by molar-refractivity contribution is 7.88. The first-order valence-corrected chi connectivity index (χ1v) is 11.6. The van der Waals surface area contributed by atoms with Crippen LogP contribution in [-0.2, 0) is 21.2 Å². The van der Waals surface area contributed by atoms with Crippen LogP contribution in [0.5, 0.6) is 0 Å². The zero-order chi connectivity index (χ0) is 25.5. The van der Waals surface area contributed by atoms with Crippen molar-refractivity contribution in [2.45, 2.75) is 45.0 Å². The highest BCUT2D eigenvalue weighted by Gasteiger charge is 2.43. The maximum atomic E-state index is 14.3. The molecule has 1 aromatic rings. The number of anilines is 1. The van der Waals surface area contributed by atoms with Gasteiger partial charge in [-0.15, -0.1) is 4.40 Å². The molecule has 0 atom stereocenters. The lowest BCUT2D eigenvalue weighted by molar-refractivity contribution is -0.182. The fourth-order valence-corrected chi connectivity index (χ4v) is 5.28. The highest BCUT2D eigenvalue weighted by atomic mass is 32.2. The summed E-state index contributed by atoms with van der Waals surface area (Å²) in [5.41, 5.74) is -3.09. The van der Waals surface area contributed by atoms with Gasteiger partial charge < -0.3 is 5.32 Å². The van der Waals surface area contributed by atoms with Gasteiger partial charge in [-0.3, -0.25) is 4.79 Å². The third kappa shape index (κ3) is 5.36. The largest absolute Gasteiger partial charge is 0.419 e. The number of alkyl halides is 6. The number of amides is 1. The van der Waals surface area contributed by atoms with E-state index in [1.54, 1.807) is 0 Å². The fraction of sp³-hybridized carbons (Fsp3) is 0.500. The van der Waals surface area contributed by atoms with Gasteiger partial charge in [-0.2, -0.15) is 34.8 Å². The summed E-state index contributed by atoms with van der Waals surface area (Å²) in [5.74, 6) is -5.14. The Balaban J connectivity index is 1.90. The molecule has 1 aliphatic heterocycles. The molecule has 3 rings (SSSR count). The molecule has 1 amide bonds. The van der Waals surface area contributed by atoms with Crippen molar-refractivity contribution < 1.29 is 43.9 Å². The van der Waals surface area contributed by atoms with Gasteiger partial charge >= 0.3 is 22.6 Å². The monoisotopic (exact) mass is 515 g/mol. The molecule has 1 aromatic carbocycles. The lowest BCUT2D eigenvalue weighted by Crippen LogP contribution is -2.40. The Hall–Kier alpha value is -2.64. The molecular weight excluding hydrogens is 495 g/mol. The van der Waals surface area contributed by atoms with Crippen molar-refractivity contribution in [3.63, 3.8) is 0 Å². The van der Waals surface area contributed by atoms with E-state index >= 15 is 0 Å². The average Bonchev–Trinajstić information content (AvgIpc) is 2.72.